The monoisotopic (exact) mass is 416 g/mol. The van der Waals surface area contributed by atoms with Crippen molar-refractivity contribution in [1.82, 2.24) is 14.8 Å². The van der Waals surface area contributed by atoms with Crippen LogP contribution in [-0.2, 0) is 13.0 Å². The highest BCUT2D eigenvalue weighted by Crippen LogP contribution is 2.23. The van der Waals surface area contributed by atoms with Gasteiger partial charge in [-0.3, -0.25) is 0 Å². The van der Waals surface area contributed by atoms with E-state index in [2.05, 4.69) is 21.5 Å². The first-order valence-electron chi connectivity index (χ1n) is 9.87. The van der Waals surface area contributed by atoms with Crippen molar-refractivity contribution in [3.05, 3.63) is 77.2 Å². The molecule has 0 aliphatic rings. The third kappa shape index (κ3) is 4.17. The predicted molar refractivity (Wildman–Crippen MR) is 117 cm³/mol. The number of hydrogen-bond acceptors (Lipinski definition) is 6. The fourth-order valence-corrected chi connectivity index (χ4v) is 3.45. The predicted octanol–water partition coefficient (Wildman–Crippen LogP) is 3.55. The third-order valence-electron chi connectivity index (χ3n) is 5.03. The summed E-state index contributed by atoms with van der Waals surface area (Å²) in [6.45, 7) is 0.462. The Morgan fingerprint density at radius 2 is 1.94 bits per heavy atom. The first-order chi connectivity index (χ1) is 15.1. The van der Waals surface area contributed by atoms with E-state index in [-0.39, 0.29) is 18.2 Å². The van der Waals surface area contributed by atoms with Crippen LogP contribution in [0.25, 0.3) is 16.6 Å². The zero-order chi connectivity index (χ0) is 21.8. The summed E-state index contributed by atoms with van der Waals surface area (Å²) >= 11 is 0. The number of nitrogens with two attached hydrogens (primary N) is 1. The maximum absolute atomic E-state index is 13.2. The van der Waals surface area contributed by atoms with Gasteiger partial charge in [0.15, 0.2) is 0 Å². The van der Waals surface area contributed by atoms with Gasteiger partial charge in [-0.05, 0) is 49.2 Å². The summed E-state index contributed by atoms with van der Waals surface area (Å²) in [5.41, 5.74) is 9.17. The topological polar surface area (TPSA) is 113 Å². The Bertz CT molecular complexity index is 1260. The highest BCUT2D eigenvalue weighted by molar-refractivity contribution is 5.81. The van der Waals surface area contributed by atoms with Crippen molar-refractivity contribution < 1.29 is 9.50 Å². The number of halogens is 1. The number of para-hydroxylation sites is 1. The summed E-state index contributed by atoms with van der Waals surface area (Å²) in [4.78, 5) is 4.60. The Morgan fingerprint density at radius 1 is 1.16 bits per heavy atom. The van der Waals surface area contributed by atoms with E-state index >= 15 is 0 Å². The molecule has 4 aromatic rings. The van der Waals surface area contributed by atoms with Crippen LogP contribution in [0, 0.1) is 17.1 Å². The SMILES string of the molecule is N#Cc1c(CCCNc2nc3ccccc3cc2CO)nn(-c2ccc(F)cc2)c1N. The molecule has 2 aromatic heterocycles. The molecule has 0 atom stereocenters. The third-order valence-corrected chi connectivity index (χ3v) is 5.03. The van der Waals surface area contributed by atoms with E-state index in [0.29, 0.717) is 42.1 Å². The lowest BCUT2D eigenvalue weighted by atomic mass is 10.1. The lowest BCUT2D eigenvalue weighted by molar-refractivity contribution is 0.282. The molecule has 0 amide bonds. The second-order valence-corrected chi connectivity index (χ2v) is 7.08. The first kappa shape index (κ1) is 20.3. The van der Waals surface area contributed by atoms with Crippen LogP contribution < -0.4 is 11.1 Å². The Hall–Kier alpha value is -3.96. The standard InChI is InChI=1S/C23H21FN6O/c24-17-7-9-18(10-8-17)30-22(26)19(13-25)21(29-30)6-3-11-27-23-16(14-31)12-15-4-1-2-5-20(15)28-23/h1-2,4-5,7-10,12,31H,3,6,11,14,26H2,(H,27,28). The van der Waals surface area contributed by atoms with E-state index < -0.39 is 0 Å². The van der Waals surface area contributed by atoms with Gasteiger partial charge in [-0.15, -0.1) is 0 Å². The number of nitrogens with zero attached hydrogens (tertiary/aromatic N) is 4. The minimum atomic E-state index is -0.356. The van der Waals surface area contributed by atoms with E-state index in [1.54, 1.807) is 12.1 Å². The van der Waals surface area contributed by atoms with Crippen molar-refractivity contribution in [2.45, 2.75) is 19.4 Å². The van der Waals surface area contributed by atoms with Crippen molar-refractivity contribution in [2.24, 2.45) is 0 Å². The molecule has 156 valence electrons. The smallest absolute Gasteiger partial charge is 0.145 e. The number of nitrogens with one attached hydrogen (secondary N) is 1. The Labute approximate surface area is 178 Å². The summed E-state index contributed by atoms with van der Waals surface area (Å²) in [5.74, 6) is 0.514. The van der Waals surface area contributed by atoms with Crippen LogP contribution in [0.4, 0.5) is 16.0 Å². The number of hydrogen-bond donors (Lipinski definition) is 3. The van der Waals surface area contributed by atoms with Gasteiger partial charge in [0, 0.05) is 17.5 Å². The molecular weight excluding hydrogens is 395 g/mol. The number of benzene rings is 2. The molecule has 2 heterocycles. The fourth-order valence-electron chi connectivity index (χ4n) is 3.45. The van der Waals surface area contributed by atoms with E-state index in [1.807, 2.05) is 30.3 Å². The van der Waals surface area contributed by atoms with E-state index in [9.17, 15) is 14.8 Å². The van der Waals surface area contributed by atoms with Gasteiger partial charge in [0.2, 0.25) is 0 Å². The summed E-state index contributed by atoms with van der Waals surface area (Å²) < 4.78 is 14.7. The van der Waals surface area contributed by atoms with Gasteiger partial charge >= 0.3 is 0 Å². The minimum Gasteiger partial charge on any atom is -0.392 e. The average Bonchev–Trinajstić information content (AvgIpc) is 3.11. The summed E-state index contributed by atoms with van der Waals surface area (Å²) in [6.07, 6.45) is 1.20. The van der Waals surface area contributed by atoms with Gasteiger partial charge in [-0.25, -0.2) is 14.1 Å². The molecule has 0 aliphatic carbocycles. The van der Waals surface area contributed by atoms with Gasteiger partial charge in [-0.2, -0.15) is 10.4 Å². The molecule has 4 rings (SSSR count). The molecule has 4 N–H and O–H groups in total. The second-order valence-electron chi connectivity index (χ2n) is 7.08. The molecule has 31 heavy (non-hydrogen) atoms. The molecule has 7 nitrogen and oxygen atoms in total. The maximum atomic E-state index is 13.2. The van der Waals surface area contributed by atoms with Gasteiger partial charge < -0.3 is 16.2 Å². The molecule has 0 aliphatic heterocycles. The number of pyridine rings is 1. The van der Waals surface area contributed by atoms with Crippen molar-refractivity contribution in [1.29, 1.82) is 5.26 Å². The Kier molecular flexibility index (Phi) is 5.78. The van der Waals surface area contributed by atoms with Crippen LogP contribution in [0.3, 0.4) is 0 Å². The Morgan fingerprint density at radius 3 is 2.68 bits per heavy atom. The second kappa shape index (κ2) is 8.81. The number of aliphatic hydroxyl groups is 1. The number of aryl methyl sites for hydroxylation is 1. The van der Waals surface area contributed by atoms with Gasteiger partial charge in [-0.1, -0.05) is 18.2 Å². The van der Waals surface area contributed by atoms with Crippen molar-refractivity contribution in [3.63, 3.8) is 0 Å². The molecule has 2 aromatic carbocycles. The molecule has 0 radical (unpaired) electrons. The minimum absolute atomic E-state index is 0.114. The largest absolute Gasteiger partial charge is 0.392 e. The molecule has 0 fully saturated rings. The first-order valence-corrected chi connectivity index (χ1v) is 9.87. The van der Waals surface area contributed by atoms with E-state index in [4.69, 9.17) is 5.73 Å². The molecule has 0 saturated heterocycles. The number of aromatic nitrogens is 3. The van der Waals surface area contributed by atoms with Gasteiger partial charge in [0.05, 0.1) is 23.5 Å². The molecule has 0 saturated carbocycles. The van der Waals surface area contributed by atoms with Crippen LogP contribution in [0.2, 0.25) is 0 Å². The van der Waals surface area contributed by atoms with Crippen LogP contribution in [0.5, 0.6) is 0 Å². The van der Waals surface area contributed by atoms with E-state index in [1.165, 1.54) is 16.8 Å². The number of nitriles is 1. The van der Waals surface area contributed by atoms with E-state index in [0.717, 1.165) is 16.5 Å². The number of fused-ring (bicyclic) bond motifs is 1. The van der Waals surface area contributed by atoms with Crippen molar-refractivity contribution in [3.8, 4) is 11.8 Å². The quantitative estimate of drug-likeness (QED) is 0.397. The number of rotatable bonds is 7. The normalized spacial score (nSPS) is 10.9. The zero-order valence-electron chi connectivity index (χ0n) is 16.7. The van der Waals surface area contributed by atoms with Crippen molar-refractivity contribution >= 4 is 22.5 Å². The molecule has 0 spiro atoms. The lowest BCUT2D eigenvalue weighted by Gasteiger charge is -2.11. The number of anilines is 2. The Balaban J connectivity index is 1.47. The maximum Gasteiger partial charge on any atom is 0.145 e. The number of aliphatic hydroxyl groups excluding tert-OH is 1. The average molecular weight is 416 g/mol. The highest BCUT2D eigenvalue weighted by atomic mass is 19.1. The summed E-state index contributed by atoms with van der Waals surface area (Å²) in [7, 11) is 0. The molecule has 8 heteroatoms. The van der Waals surface area contributed by atoms with Crippen LogP contribution in [-0.4, -0.2) is 26.4 Å². The van der Waals surface area contributed by atoms with Gasteiger partial charge in [0.25, 0.3) is 0 Å². The zero-order valence-corrected chi connectivity index (χ0v) is 16.7. The van der Waals surface area contributed by atoms with Gasteiger partial charge in [0.1, 0.15) is 29.1 Å². The molecular formula is C23H21FN6O. The fraction of sp³-hybridized carbons (Fsp3) is 0.174. The van der Waals surface area contributed by atoms with Crippen LogP contribution >= 0.6 is 0 Å². The molecule has 0 bridgehead atoms. The summed E-state index contributed by atoms with van der Waals surface area (Å²) in [5, 5.41) is 27.9. The lowest BCUT2D eigenvalue weighted by Crippen LogP contribution is -2.08. The number of nitrogen functional groups attached to an aromatic ring is 1. The van der Waals surface area contributed by atoms with Crippen molar-refractivity contribution in [2.75, 3.05) is 17.6 Å². The van der Waals surface area contributed by atoms with Crippen LogP contribution in [0.15, 0.2) is 54.6 Å². The molecule has 0 unspecified atom stereocenters. The summed E-state index contributed by atoms with van der Waals surface area (Å²) in [6, 6.07) is 17.5. The van der Waals surface area contributed by atoms with Crippen LogP contribution in [0.1, 0.15) is 23.2 Å². The highest BCUT2D eigenvalue weighted by Gasteiger charge is 2.16.